The highest BCUT2D eigenvalue weighted by Gasteiger charge is 2.15. The number of nitro groups is 1. The molecule has 28 heavy (non-hydrogen) atoms. The van der Waals surface area contributed by atoms with Gasteiger partial charge in [0.1, 0.15) is 0 Å². The Bertz CT molecular complexity index is 856. The molecule has 0 atom stereocenters. The standard InChI is InChI=1S/C21H24N4O3/c1-2-23-12-14-24(15-13-23)19-9-7-18(8-10-19)22-21(26)11-6-17-4-3-5-20(16-17)25(27)28/h3-11,16H,2,12-15H2,1H3,(H,22,26)/b11-6+. The minimum absolute atomic E-state index is 0.00193. The molecule has 7 nitrogen and oxygen atoms in total. The molecule has 3 rings (SSSR count). The number of nitrogens with zero attached hydrogens (tertiary/aromatic N) is 3. The Morgan fingerprint density at radius 1 is 1.14 bits per heavy atom. The molecule has 0 saturated carbocycles. The summed E-state index contributed by atoms with van der Waals surface area (Å²) >= 11 is 0. The number of hydrogen-bond acceptors (Lipinski definition) is 5. The van der Waals surface area contributed by atoms with Gasteiger partial charge in [-0.1, -0.05) is 19.1 Å². The lowest BCUT2D eigenvalue weighted by atomic mass is 10.2. The summed E-state index contributed by atoms with van der Waals surface area (Å²) in [7, 11) is 0. The van der Waals surface area contributed by atoms with Crippen molar-refractivity contribution in [2.75, 3.05) is 42.9 Å². The Hall–Kier alpha value is -3.19. The summed E-state index contributed by atoms with van der Waals surface area (Å²) in [6, 6.07) is 14.0. The lowest BCUT2D eigenvalue weighted by Crippen LogP contribution is -2.46. The van der Waals surface area contributed by atoms with E-state index in [-0.39, 0.29) is 11.6 Å². The van der Waals surface area contributed by atoms with Gasteiger partial charge in [-0.25, -0.2) is 0 Å². The third kappa shape index (κ3) is 5.17. The largest absolute Gasteiger partial charge is 0.369 e. The molecule has 1 fully saturated rings. The van der Waals surface area contributed by atoms with Crippen LogP contribution in [0.1, 0.15) is 12.5 Å². The maximum Gasteiger partial charge on any atom is 0.270 e. The predicted molar refractivity (Wildman–Crippen MR) is 112 cm³/mol. The van der Waals surface area contributed by atoms with Crippen LogP contribution in [0.4, 0.5) is 17.1 Å². The van der Waals surface area contributed by atoms with Crippen molar-refractivity contribution in [1.29, 1.82) is 0 Å². The van der Waals surface area contributed by atoms with Crippen LogP contribution in [-0.2, 0) is 4.79 Å². The van der Waals surface area contributed by atoms with Gasteiger partial charge in [0.15, 0.2) is 0 Å². The number of hydrogen-bond donors (Lipinski definition) is 1. The van der Waals surface area contributed by atoms with Gasteiger partial charge in [0, 0.05) is 55.8 Å². The first-order chi connectivity index (χ1) is 13.5. The number of likely N-dealkylation sites (N-methyl/N-ethyl adjacent to an activating group) is 1. The number of carbonyl (C=O) groups is 1. The van der Waals surface area contributed by atoms with Crippen LogP contribution in [0.25, 0.3) is 6.08 Å². The smallest absolute Gasteiger partial charge is 0.270 e. The minimum atomic E-state index is -0.457. The van der Waals surface area contributed by atoms with Crippen LogP contribution in [0.15, 0.2) is 54.6 Å². The van der Waals surface area contributed by atoms with Crippen molar-refractivity contribution in [2.24, 2.45) is 0 Å². The third-order valence-electron chi connectivity index (χ3n) is 4.83. The fourth-order valence-electron chi connectivity index (χ4n) is 3.18. The first kappa shape index (κ1) is 19.6. The van der Waals surface area contributed by atoms with E-state index in [1.165, 1.54) is 18.2 Å². The normalized spacial score (nSPS) is 15.0. The average molecular weight is 380 g/mol. The Morgan fingerprint density at radius 2 is 1.86 bits per heavy atom. The lowest BCUT2D eigenvalue weighted by molar-refractivity contribution is -0.384. The molecule has 0 aliphatic carbocycles. The molecule has 0 aromatic heterocycles. The van der Waals surface area contributed by atoms with Gasteiger partial charge in [-0.3, -0.25) is 14.9 Å². The Kier molecular flexibility index (Phi) is 6.39. The topological polar surface area (TPSA) is 78.7 Å². The molecular weight excluding hydrogens is 356 g/mol. The third-order valence-corrected chi connectivity index (χ3v) is 4.83. The van der Waals surface area contributed by atoms with Crippen LogP contribution < -0.4 is 10.2 Å². The highest BCUT2D eigenvalue weighted by Crippen LogP contribution is 2.20. The number of non-ortho nitro benzene ring substituents is 1. The summed E-state index contributed by atoms with van der Waals surface area (Å²) in [6.07, 6.45) is 2.93. The summed E-state index contributed by atoms with van der Waals surface area (Å²) in [4.78, 5) is 27.2. The fourth-order valence-corrected chi connectivity index (χ4v) is 3.18. The zero-order valence-electron chi connectivity index (χ0n) is 15.9. The van der Waals surface area contributed by atoms with E-state index >= 15 is 0 Å². The number of nitrogens with one attached hydrogen (secondary N) is 1. The van der Waals surface area contributed by atoms with E-state index in [4.69, 9.17) is 0 Å². The summed E-state index contributed by atoms with van der Waals surface area (Å²) in [5, 5.41) is 13.6. The molecule has 146 valence electrons. The van der Waals surface area contributed by atoms with E-state index in [1.807, 2.05) is 24.3 Å². The summed E-state index contributed by atoms with van der Waals surface area (Å²) in [5.41, 5.74) is 2.47. The molecule has 1 aliphatic rings. The molecule has 1 N–H and O–H groups in total. The quantitative estimate of drug-likeness (QED) is 0.472. The molecule has 0 spiro atoms. The maximum absolute atomic E-state index is 12.1. The predicted octanol–water partition coefficient (Wildman–Crippen LogP) is 3.39. The van der Waals surface area contributed by atoms with E-state index < -0.39 is 4.92 Å². The van der Waals surface area contributed by atoms with Crippen molar-refractivity contribution in [3.63, 3.8) is 0 Å². The molecule has 1 aliphatic heterocycles. The number of rotatable bonds is 6. The number of piperazine rings is 1. The molecule has 1 heterocycles. The number of anilines is 2. The molecule has 0 radical (unpaired) electrons. The Balaban J connectivity index is 1.56. The van der Waals surface area contributed by atoms with Gasteiger partial charge in [-0.2, -0.15) is 0 Å². The second-order valence-electron chi connectivity index (χ2n) is 6.64. The maximum atomic E-state index is 12.1. The van der Waals surface area contributed by atoms with Crippen molar-refractivity contribution in [1.82, 2.24) is 4.90 Å². The SMILES string of the molecule is CCN1CCN(c2ccc(NC(=O)/C=C/c3cccc([N+](=O)[O-])c3)cc2)CC1. The van der Waals surface area contributed by atoms with Gasteiger partial charge < -0.3 is 15.1 Å². The van der Waals surface area contributed by atoms with Crippen LogP contribution in [0.2, 0.25) is 0 Å². The van der Waals surface area contributed by atoms with Crippen LogP contribution in [-0.4, -0.2) is 48.5 Å². The molecule has 1 amide bonds. The molecule has 0 bridgehead atoms. The van der Waals surface area contributed by atoms with Crippen LogP contribution in [0.5, 0.6) is 0 Å². The molecule has 7 heteroatoms. The second kappa shape index (κ2) is 9.14. The Morgan fingerprint density at radius 3 is 2.50 bits per heavy atom. The summed E-state index contributed by atoms with van der Waals surface area (Å²) in [6.45, 7) is 7.41. The summed E-state index contributed by atoms with van der Waals surface area (Å²) < 4.78 is 0. The number of nitro benzene ring substituents is 1. The second-order valence-corrected chi connectivity index (χ2v) is 6.64. The number of benzene rings is 2. The fraction of sp³-hybridized carbons (Fsp3) is 0.286. The van der Waals surface area contributed by atoms with Crippen molar-refractivity contribution < 1.29 is 9.72 Å². The minimum Gasteiger partial charge on any atom is -0.369 e. The van der Waals surface area contributed by atoms with Crippen LogP contribution >= 0.6 is 0 Å². The van der Waals surface area contributed by atoms with Gasteiger partial charge in [0.2, 0.25) is 5.91 Å². The van der Waals surface area contributed by atoms with Crippen LogP contribution in [0.3, 0.4) is 0 Å². The zero-order chi connectivity index (χ0) is 19.9. The number of carbonyl (C=O) groups excluding carboxylic acids is 1. The zero-order valence-corrected chi connectivity index (χ0v) is 15.9. The molecule has 1 saturated heterocycles. The van der Waals surface area contributed by atoms with E-state index in [1.54, 1.807) is 18.2 Å². The number of amides is 1. The van der Waals surface area contributed by atoms with Crippen molar-refractivity contribution in [3.05, 3.63) is 70.3 Å². The van der Waals surface area contributed by atoms with Crippen molar-refractivity contribution in [3.8, 4) is 0 Å². The van der Waals surface area contributed by atoms with Gasteiger partial charge >= 0.3 is 0 Å². The van der Waals surface area contributed by atoms with Crippen molar-refractivity contribution >= 4 is 29.0 Å². The monoisotopic (exact) mass is 380 g/mol. The summed E-state index contributed by atoms with van der Waals surface area (Å²) in [5.74, 6) is -0.282. The molecule has 2 aromatic carbocycles. The lowest BCUT2D eigenvalue weighted by Gasteiger charge is -2.35. The van der Waals surface area contributed by atoms with E-state index in [0.29, 0.717) is 11.3 Å². The Labute approximate surface area is 164 Å². The van der Waals surface area contributed by atoms with Gasteiger partial charge in [-0.05, 0) is 42.4 Å². The van der Waals surface area contributed by atoms with Crippen molar-refractivity contribution in [2.45, 2.75) is 6.92 Å². The van der Waals surface area contributed by atoms with Gasteiger partial charge in [-0.15, -0.1) is 0 Å². The average Bonchev–Trinajstić information content (AvgIpc) is 2.73. The van der Waals surface area contributed by atoms with E-state index in [0.717, 1.165) is 38.4 Å². The van der Waals surface area contributed by atoms with E-state index in [9.17, 15) is 14.9 Å². The first-order valence-electron chi connectivity index (χ1n) is 9.36. The molecule has 2 aromatic rings. The molecule has 0 unspecified atom stereocenters. The first-order valence-corrected chi connectivity index (χ1v) is 9.36. The highest BCUT2D eigenvalue weighted by molar-refractivity contribution is 6.02. The molecular formula is C21H24N4O3. The van der Waals surface area contributed by atoms with E-state index in [2.05, 4.69) is 22.0 Å². The van der Waals surface area contributed by atoms with Gasteiger partial charge in [0.25, 0.3) is 5.69 Å². The highest BCUT2D eigenvalue weighted by atomic mass is 16.6. The van der Waals surface area contributed by atoms with Gasteiger partial charge in [0.05, 0.1) is 4.92 Å². The van der Waals surface area contributed by atoms with Crippen LogP contribution in [0, 0.1) is 10.1 Å².